The van der Waals surface area contributed by atoms with E-state index in [1.807, 2.05) is 79.0 Å². The molecule has 29 heavy (non-hydrogen) atoms. The number of para-hydroxylation sites is 1. The molecule has 0 aliphatic rings. The van der Waals surface area contributed by atoms with E-state index in [9.17, 15) is 10.5 Å². The van der Waals surface area contributed by atoms with Gasteiger partial charge in [0.25, 0.3) is 0 Å². The van der Waals surface area contributed by atoms with Crippen molar-refractivity contribution in [2.45, 2.75) is 6.54 Å². The molecule has 0 fully saturated rings. The van der Waals surface area contributed by atoms with E-state index in [0.29, 0.717) is 28.3 Å². The van der Waals surface area contributed by atoms with E-state index in [1.54, 1.807) is 6.07 Å². The highest BCUT2D eigenvalue weighted by atomic mass is 35.5. The minimum atomic E-state index is 0.510. The quantitative estimate of drug-likeness (QED) is 0.383. The number of nitrogens with zero attached hydrogens (tertiary/aromatic N) is 3. The molecule has 0 bridgehead atoms. The number of rotatable bonds is 4. The molecule has 0 unspecified atom stereocenters. The average Bonchev–Trinajstić information content (AvgIpc) is 3.10. The van der Waals surface area contributed by atoms with Crippen molar-refractivity contribution < 1.29 is 0 Å². The Labute approximate surface area is 174 Å². The molecule has 0 saturated carbocycles. The Morgan fingerprint density at radius 3 is 2.45 bits per heavy atom. The van der Waals surface area contributed by atoms with E-state index in [-0.39, 0.29) is 0 Å². The molecule has 1 heterocycles. The Kier molecular flexibility index (Phi) is 5.16. The number of halogens is 1. The van der Waals surface area contributed by atoms with Crippen molar-refractivity contribution in [2.75, 3.05) is 0 Å². The van der Waals surface area contributed by atoms with E-state index < -0.39 is 0 Å². The molecule has 1 aromatic heterocycles. The minimum Gasteiger partial charge on any atom is -0.342 e. The molecule has 0 amide bonds. The van der Waals surface area contributed by atoms with Gasteiger partial charge >= 0.3 is 0 Å². The summed E-state index contributed by atoms with van der Waals surface area (Å²) in [5, 5.41) is 20.7. The van der Waals surface area contributed by atoms with Crippen molar-refractivity contribution in [2.24, 2.45) is 0 Å². The smallest absolute Gasteiger partial charge is 0.0998 e. The molecule has 0 spiro atoms. The van der Waals surface area contributed by atoms with Crippen LogP contribution in [0.15, 0.2) is 79.0 Å². The predicted octanol–water partition coefficient (Wildman–Crippen LogP) is 6.28. The Morgan fingerprint density at radius 2 is 1.66 bits per heavy atom. The number of nitriles is 2. The highest BCUT2D eigenvalue weighted by Gasteiger charge is 2.11. The fourth-order valence-corrected chi connectivity index (χ4v) is 3.71. The molecule has 0 saturated heterocycles. The molecule has 3 aromatic carbocycles. The second-order valence-electron chi connectivity index (χ2n) is 6.65. The SMILES string of the molecule is N#CC(=Cc1cn(Cc2ccccc2C#N)c2ccccc12)c1ccccc1Cl. The Bertz CT molecular complexity index is 1320. The van der Waals surface area contributed by atoms with Gasteiger partial charge in [-0.1, -0.05) is 66.2 Å². The largest absolute Gasteiger partial charge is 0.342 e. The van der Waals surface area contributed by atoms with Gasteiger partial charge in [0.2, 0.25) is 0 Å². The lowest BCUT2D eigenvalue weighted by Crippen LogP contribution is -2.00. The second kappa shape index (κ2) is 8.07. The topological polar surface area (TPSA) is 52.5 Å². The van der Waals surface area contributed by atoms with Gasteiger partial charge in [-0.2, -0.15) is 10.5 Å². The molecule has 0 aliphatic heterocycles. The third-order valence-corrected chi connectivity index (χ3v) is 5.21. The first-order chi connectivity index (χ1) is 14.2. The van der Waals surface area contributed by atoms with Gasteiger partial charge in [0.05, 0.1) is 23.3 Å². The third kappa shape index (κ3) is 3.65. The molecule has 0 N–H and O–H groups in total. The van der Waals surface area contributed by atoms with Crippen LogP contribution in [0.2, 0.25) is 5.02 Å². The number of hydrogen-bond acceptors (Lipinski definition) is 2. The molecule has 4 aromatic rings. The summed E-state index contributed by atoms with van der Waals surface area (Å²) in [7, 11) is 0. The summed E-state index contributed by atoms with van der Waals surface area (Å²) < 4.78 is 2.11. The zero-order valence-corrected chi connectivity index (χ0v) is 16.3. The Balaban J connectivity index is 1.84. The molecule has 4 heteroatoms. The van der Waals surface area contributed by atoms with Crippen molar-refractivity contribution >= 4 is 34.2 Å². The van der Waals surface area contributed by atoms with Crippen LogP contribution in [0.4, 0.5) is 0 Å². The average molecular weight is 394 g/mol. The zero-order chi connectivity index (χ0) is 20.2. The van der Waals surface area contributed by atoms with Crippen molar-refractivity contribution in [3.05, 3.63) is 106 Å². The van der Waals surface area contributed by atoms with Gasteiger partial charge in [-0.3, -0.25) is 0 Å². The highest BCUT2D eigenvalue weighted by Crippen LogP contribution is 2.29. The molecule has 3 nitrogen and oxygen atoms in total. The second-order valence-corrected chi connectivity index (χ2v) is 7.06. The van der Waals surface area contributed by atoms with Gasteiger partial charge in [0.1, 0.15) is 0 Å². The first-order valence-electron chi connectivity index (χ1n) is 9.14. The van der Waals surface area contributed by atoms with Crippen molar-refractivity contribution in [3.63, 3.8) is 0 Å². The summed E-state index contributed by atoms with van der Waals surface area (Å²) in [6.07, 6.45) is 3.89. The molecule has 4 rings (SSSR count). The maximum Gasteiger partial charge on any atom is 0.0998 e. The van der Waals surface area contributed by atoms with Crippen LogP contribution < -0.4 is 0 Å². The third-order valence-electron chi connectivity index (χ3n) is 4.88. The van der Waals surface area contributed by atoms with Gasteiger partial charge in [0, 0.05) is 39.8 Å². The van der Waals surface area contributed by atoms with Gasteiger partial charge in [-0.25, -0.2) is 0 Å². The number of allylic oxidation sites excluding steroid dienone is 1. The van der Waals surface area contributed by atoms with Crippen LogP contribution in [0.1, 0.15) is 22.3 Å². The Morgan fingerprint density at radius 1 is 0.931 bits per heavy atom. The molecular weight excluding hydrogens is 378 g/mol. The van der Waals surface area contributed by atoms with Crippen LogP contribution >= 0.6 is 11.6 Å². The van der Waals surface area contributed by atoms with E-state index >= 15 is 0 Å². The number of hydrogen-bond donors (Lipinski definition) is 0. The summed E-state index contributed by atoms with van der Waals surface area (Å²) in [6.45, 7) is 0.575. The molecular formula is C25H16ClN3. The lowest BCUT2D eigenvalue weighted by molar-refractivity contribution is 0.833. The van der Waals surface area contributed by atoms with Gasteiger partial charge < -0.3 is 4.57 Å². The highest BCUT2D eigenvalue weighted by molar-refractivity contribution is 6.32. The van der Waals surface area contributed by atoms with Gasteiger partial charge in [0.15, 0.2) is 0 Å². The number of benzene rings is 3. The summed E-state index contributed by atoms with van der Waals surface area (Å²) in [4.78, 5) is 0. The van der Waals surface area contributed by atoms with E-state index in [4.69, 9.17) is 11.6 Å². The van der Waals surface area contributed by atoms with Crippen LogP contribution in [-0.4, -0.2) is 4.57 Å². The summed E-state index contributed by atoms with van der Waals surface area (Å²) in [5.41, 5.74) is 4.82. The molecule has 0 aliphatic carbocycles. The normalized spacial score (nSPS) is 11.2. The lowest BCUT2D eigenvalue weighted by atomic mass is 10.0. The van der Waals surface area contributed by atoms with Crippen LogP contribution in [0.3, 0.4) is 0 Å². The van der Waals surface area contributed by atoms with Crippen LogP contribution in [0, 0.1) is 22.7 Å². The van der Waals surface area contributed by atoms with Crippen molar-refractivity contribution in [1.82, 2.24) is 4.57 Å². The monoisotopic (exact) mass is 393 g/mol. The van der Waals surface area contributed by atoms with Gasteiger partial charge in [-0.05, 0) is 29.8 Å². The number of aromatic nitrogens is 1. The Hall–Kier alpha value is -3.79. The van der Waals surface area contributed by atoms with E-state index in [2.05, 4.69) is 16.7 Å². The van der Waals surface area contributed by atoms with Crippen LogP contribution in [0.5, 0.6) is 0 Å². The molecule has 138 valence electrons. The maximum absolute atomic E-state index is 9.73. The van der Waals surface area contributed by atoms with E-state index in [0.717, 1.165) is 22.0 Å². The standard InChI is InChI=1S/C25H16ClN3/c26-24-11-5-3-9-22(24)20(15-28)13-21-17-29(25-12-6-4-10-23(21)25)16-19-8-2-1-7-18(19)14-27/h1-13,17H,16H2. The fraction of sp³-hybridized carbons (Fsp3) is 0.0400. The predicted molar refractivity (Wildman–Crippen MR) is 117 cm³/mol. The number of fused-ring (bicyclic) bond motifs is 1. The van der Waals surface area contributed by atoms with Crippen molar-refractivity contribution in [1.29, 1.82) is 10.5 Å². The summed E-state index contributed by atoms with van der Waals surface area (Å²) >= 11 is 6.30. The van der Waals surface area contributed by atoms with Gasteiger partial charge in [-0.15, -0.1) is 0 Å². The lowest BCUT2D eigenvalue weighted by Gasteiger charge is -2.07. The fourth-order valence-electron chi connectivity index (χ4n) is 3.48. The zero-order valence-electron chi connectivity index (χ0n) is 15.5. The van der Waals surface area contributed by atoms with Crippen molar-refractivity contribution in [3.8, 4) is 12.1 Å². The van der Waals surface area contributed by atoms with Crippen LogP contribution in [0.25, 0.3) is 22.6 Å². The maximum atomic E-state index is 9.73. The first kappa shape index (κ1) is 18.6. The first-order valence-corrected chi connectivity index (χ1v) is 9.51. The van der Waals surface area contributed by atoms with E-state index in [1.165, 1.54) is 0 Å². The minimum absolute atomic E-state index is 0.510. The molecule has 0 radical (unpaired) electrons. The molecule has 0 atom stereocenters. The summed E-state index contributed by atoms with van der Waals surface area (Å²) in [5.74, 6) is 0. The summed E-state index contributed by atoms with van der Waals surface area (Å²) in [6, 6.07) is 27.5. The van der Waals surface area contributed by atoms with Crippen LogP contribution in [-0.2, 0) is 6.54 Å².